The number of rotatable bonds is 5. The summed E-state index contributed by atoms with van der Waals surface area (Å²) in [6.45, 7) is 0.702. The van der Waals surface area contributed by atoms with E-state index in [1.165, 1.54) is 17.7 Å². The van der Waals surface area contributed by atoms with E-state index in [1.807, 2.05) is 24.3 Å². The molecule has 0 saturated carbocycles. The molecule has 2 N–H and O–H groups in total. The van der Waals surface area contributed by atoms with Gasteiger partial charge in [0.05, 0.1) is 7.11 Å². The molecule has 3 nitrogen and oxygen atoms in total. The molecule has 5 heteroatoms. The van der Waals surface area contributed by atoms with Crippen molar-refractivity contribution in [2.75, 3.05) is 19.0 Å². The molecular weight excluding hydrogens is 287 g/mol. The Kier molecular flexibility index (Phi) is 5.51. The van der Waals surface area contributed by atoms with Gasteiger partial charge in [-0.1, -0.05) is 18.2 Å². The molecule has 0 aliphatic rings. The van der Waals surface area contributed by atoms with Crippen LogP contribution in [-0.4, -0.2) is 18.8 Å². The van der Waals surface area contributed by atoms with Gasteiger partial charge in [-0.15, -0.1) is 0 Å². The van der Waals surface area contributed by atoms with Gasteiger partial charge in [-0.3, -0.25) is 0 Å². The molecule has 0 saturated heterocycles. The summed E-state index contributed by atoms with van der Waals surface area (Å²) in [4.78, 5) is 0. The lowest BCUT2D eigenvalue weighted by Crippen LogP contribution is -2.30. The van der Waals surface area contributed by atoms with Crippen LogP contribution in [0.25, 0.3) is 0 Å². The van der Waals surface area contributed by atoms with E-state index in [9.17, 15) is 4.39 Å². The van der Waals surface area contributed by atoms with Crippen LogP contribution in [0.15, 0.2) is 48.5 Å². The maximum absolute atomic E-state index is 13.0. The zero-order chi connectivity index (χ0) is 15.1. The third-order valence-corrected chi connectivity index (χ3v) is 3.19. The maximum Gasteiger partial charge on any atom is 0.170 e. The molecule has 0 atom stereocenters. The van der Waals surface area contributed by atoms with Gasteiger partial charge in [0.2, 0.25) is 0 Å². The fourth-order valence-electron chi connectivity index (χ4n) is 1.85. The van der Waals surface area contributed by atoms with Gasteiger partial charge in [-0.2, -0.15) is 0 Å². The summed E-state index contributed by atoms with van der Waals surface area (Å²) >= 11 is 5.17. The maximum atomic E-state index is 13.0. The number of benzene rings is 2. The van der Waals surface area contributed by atoms with Crippen molar-refractivity contribution in [3.8, 4) is 5.75 Å². The van der Waals surface area contributed by atoms with Crippen molar-refractivity contribution in [3.63, 3.8) is 0 Å². The molecule has 0 bridgehead atoms. The molecule has 0 spiro atoms. The Bertz CT molecular complexity index is 601. The van der Waals surface area contributed by atoms with Gasteiger partial charge in [0, 0.05) is 12.2 Å². The Labute approximate surface area is 129 Å². The first-order valence-corrected chi connectivity index (χ1v) is 7.01. The number of halogens is 1. The summed E-state index contributed by atoms with van der Waals surface area (Å²) in [5, 5.41) is 6.52. The van der Waals surface area contributed by atoms with Crippen molar-refractivity contribution in [1.29, 1.82) is 0 Å². The average Bonchev–Trinajstić information content (AvgIpc) is 2.48. The second-order valence-corrected chi connectivity index (χ2v) is 4.90. The van der Waals surface area contributed by atoms with Gasteiger partial charge in [-0.05, 0) is 54.5 Å². The molecule has 2 rings (SSSR count). The van der Waals surface area contributed by atoms with Crippen molar-refractivity contribution >= 4 is 23.0 Å². The molecule has 0 aromatic heterocycles. The van der Waals surface area contributed by atoms with Gasteiger partial charge in [-0.25, -0.2) is 4.39 Å². The van der Waals surface area contributed by atoms with E-state index in [0.717, 1.165) is 12.2 Å². The van der Waals surface area contributed by atoms with Gasteiger partial charge in [0.1, 0.15) is 11.6 Å². The standard InChI is InChI=1S/C16H17FN2OS/c1-20-15-7-5-12(6-8-15)9-10-18-16(21)19-14-4-2-3-13(17)11-14/h2-8,11H,9-10H2,1H3,(H2,18,19,21). The van der Waals surface area contributed by atoms with E-state index >= 15 is 0 Å². The largest absolute Gasteiger partial charge is 0.497 e. The molecule has 2 aromatic rings. The van der Waals surface area contributed by atoms with Crippen LogP contribution in [0.2, 0.25) is 0 Å². The second kappa shape index (κ2) is 7.59. The highest BCUT2D eigenvalue weighted by Crippen LogP contribution is 2.11. The van der Waals surface area contributed by atoms with Crippen molar-refractivity contribution in [3.05, 3.63) is 59.9 Å². The van der Waals surface area contributed by atoms with E-state index < -0.39 is 0 Å². The van der Waals surface area contributed by atoms with Gasteiger partial charge in [0.15, 0.2) is 5.11 Å². The van der Waals surface area contributed by atoms with Gasteiger partial charge < -0.3 is 15.4 Å². The average molecular weight is 304 g/mol. The van der Waals surface area contributed by atoms with Crippen molar-refractivity contribution in [2.24, 2.45) is 0 Å². The van der Waals surface area contributed by atoms with E-state index in [1.54, 1.807) is 19.2 Å². The fourth-order valence-corrected chi connectivity index (χ4v) is 2.07. The van der Waals surface area contributed by atoms with Crippen molar-refractivity contribution < 1.29 is 9.13 Å². The number of thiocarbonyl (C=S) groups is 1. The van der Waals surface area contributed by atoms with Crippen LogP contribution >= 0.6 is 12.2 Å². The first-order valence-electron chi connectivity index (χ1n) is 6.61. The number of anilines is 1. The first kappa shape index (κ1) is 15.3. The Morgan fingerprint density at radius 1 is 1.19 bits per heavy atom. The second-order valence-electron chi connectivity index (χ2n) is 4.49. The van der Waals surface area contributed by atoms with Crippen LogP contribution < -0.4 is 15.4 Å². The number of hydrogen-bond donors (Lipinski definition) is 2. The molecule has 110 valence electrons. The summed E-state index contributed by atoms with van der Waals surface area (Å²) in [6.07, 6.45) is 0.842. The third kappa shape index (κ3) is 5.04. The summed E-state index contributed by atoms with van der Waals surface area (Å²) in [6, 6.07) is 14.1. The number of hydrogen-bond acceptors (Lipinski definition) is 2. The zero-order valence-electron chi connectivity index (χ0n) is 11.7. The van der Waals surface area contributed by atoms with Crippen LogP contribution in [0.3, 0.4) is 0 Å². The summed E-state index contributed by atoms with van der Waals surface area (Å²) in [5.41, 5.74) is 1.83. The highest BCUT2D eigenvalue weighted by molar-refractivity contribution is 7.80. The molecule has 0 aliphatic heterocycles. The summed E-state index contributed by atoms with van der Waals surface area (Å²) in [7, 11) is 1.65. The molecule has 0 unspecified atom stereocenters. The predicted molar refractivity (Wildman–Crippen MR) is 87.3 cm³/mol. The van der Waals surface area contributed by atoms with Crippen LogP contribution in [0.1, 0.15) is 5.56 Å². The van der Waals surface area contributed by atoms with Crippen molar-refractivity contribution in [1.82, 2.24) is 5.32 Å². The summed E-state index contributed by atoms with van der Waals surface area (Å²) in [5.74, 6) is 0.552. The van der Waals surface area contributed by atoms with Crippen molar-refractivity contribution in [2.45, 2.75) is 6.42 Å². The SMILES string of the molecule is COc1ccc(CCNC(=S)Nc2cccc(F)c2)cc1. The quantitative estimate of drug-likeness (QED) is 0.830. The summed E-state index contributed by atoms with van der Waals surface area (Å²) < 4.78 is 18.1. The predicted octanol–water partition coefficient (Wildman–Crippen LogP) is 3.36. The Hall–Kier alpha value is -2.14. The minimum Gasteiger partial charge on any atom is -0.497 e. The first-order chi connectivity index (χ1) is 10.2. The van der Waals surface area contributed by atoms with Crippen LogP contribution in [0, 0.1) is 5.82 Å². The monoisotopic (exact) mass is 304 g/mol. The molecule has 0 aliphatic carbocycles. The highest BCUT2D eigenvalue weighted by Gasteiger charge is 1.99. The molecule has 0 radical (unpaired) electrons. The van der Waals surface area contributed by atoms with E-state index in [0.29, 0.717) is 17.3 Å². The number of methoxy groups -OCH3 is 1. The van der Waals surface area contributed by atoms with Crippen LogP contribution in [0.5, 0.6) is 5.75 Å². The number of ether oxygens (including phenoxy) is 1. The Morgan fingerprint density at radius 3 is 2.62 bits per heavy atom. The van der Waals surface area contributed by atoms with Gasteiger partial charge >= 0.3 is 0 Å². The fraction of sp³-hybridized carbons (Fsp3) is 0.188. The zero-order valence-corrected chi connectivity index (χ0v) is 12.5. The molecule has 0 amide bonds. The molecule has 2 aromatic carbocycles. The smallest absolute Gasteiger partial charge is 0.170 e. The molecular formula is C16H17FN2OS. The number of nitrogens with one attached hydrogen (secondary N) is 2. The van der Waals surface area contributed by atoms with E-state index in [2.05, 4.69) is 10.6 Å². The van der Waals surface area contributed by atoms with E-state index in [4.69, 9.17) is 17.0 Å². The molecule has 0 fully saturated rings. The minimum atomic E-state index is -0.291. The Balaban J connectivity index is 1.76. The Morgan fingerprint density at radius 2 is 1.95 bits per heavy atom. The highest BCUT2D eigenvalue weighted by atomic mass is 32.1. The minimum absolute atomic E-state index is 0.291. The van der Waals surface area contributed by atoms with Crippen LogP contribution in [0.4, 0.5) is 10.1 Å². The molecule has 21 heavy (non-hydrogen) atoms. The topological polar surface area (TPSA) is 33.3 Å². The lowest BCUT2D eigenvalue weighted by atomic mass is 10.1. The lowest BCUT2D eigenvalue weighted by molar-refractivity contribution is 0.414. The van der Waals surface area contributed by atoms with Crippen LogP contribution in [-0.2, 0) is 6.42 Å². The van der Waals surface area contributed by atoms with Gasteiger partial charge in [0.25, 0.3) is 0 Å². The third-order valence-electron chi connectivity index (χ3n) is 2.94. The van der Waals surface area contributed by atoms with E-state index in [-0.39, 0.29) is 5.82 Å². The normalized spacial score (nSPS) is 10.0. The lowest BCUT2D eigenvalue weighted by Gasteiger charge is -2.10. The molecule has 0 heterocycles.